The van der Waals surface area contributed by atoms with Gasteiger partial charge in [-0.3, -0.25) is 0 Å². The van der Waals surface area contributed by atoms with Crippen LogP contribution in [0.3, 0.4) is 0 Å². The second-order valence-electron chi connectivity index (χ2n) is 2.69. The number of benzene rings is 1. The summed E-state index contributed by atoms with van der Waals surface area (Å²) in [6.07, 6.45) is 0. The van der Waals surface area contributed by atoms with Crippen LogP contribution < -0.4 is 0 Å². The highest BCUT2D eigenvalue weighted by molar-refractivity contribution is 9.10. The zero-order chi connectivity index (χ0) is 9.42. The minimum Gasteiger partial charge on any atom is -0.392 e. The predicted octanol–water partition coefficient (Wildman–Crippen LogP) is 3.44. The first-order valence-corrected chi connectivity index (χ1v) is 5.84. The lowest BCUT2D eigenvalue weighted by molar-refractivity contribution is 0.283. The molecule has 0 amide bonds. The Kier molecular flexibility index (Phi) is 2.65. The first-order valence-electron chi connectivity index (χ1n) is 3.72. The van der Waals surface area contributed by atoms with Crippen molar-refractivity contribution in [2.45, 2.75) is 11.5 Å². The first-order chi connectivity index (χ1) is 6.24. The number of hydrogen-bond donors (Lipinski definition) is 2. The molecule has 1 aromatic carbocycles. The van der Waals surface area contributed by atoms with E-state index < -0.39 is 0 Å². The van der Waals surface area contributed by atoms with Gasteiger partial charge in [-0.2, -0.15) is 0 Å². The van der Waals surface area contributed by atoms with Crippen molar-refractivity contribution < 1.29 is 5.11 Å². The van der Waals surface area contributed by atoms with Gasteiger partial charge in [0.2, 0.25) is 0 Å². The normalized spacial score (nSPS) is 11.0. The van der Waals surface area contributed by atoms with Crippen LogP contribution in [0.2, 0.25) is 0 Å². The van der Waals surface area contributed by atoms with Crippen LogP contribution in [0.25, 0.3) is 10.1 Å². The van der Waals surface area contributed by atoms with Crippen molar-refractivity contribution in [3.05, 3.63) is 27.5 Å². The molecule has 1 nitrogen and oxygen atoms in total. The second-order valence-corrected chi connectivity index (χ2v) is 4.88. The maximum Gasteiger partial charge on any atom is 0.0688 e. The lowest BCUT2D eigenvalue weighted by Crippen LogP contribution is -1.85. The van der Waals surface area contributed by atoms with Crippen molar-refractivity contribution in [1.29, 1.82) is 0 Å². The minimum atomic E-state index is 0.0636. The number of thiol groups is 1. The van der Waals surface area contributed by atoms with Gasteiger partial charge in [0.05, 0.1) is 6.61 Å². The zero-order valence-electron chi connectivity index (χ0n) is 6.62. The molecule has 68 valence electrons. The molecule has 4 heteroatoms. The lowest BCUT2D eigenvalue weighted by atomic mass is 10.1. The molecular weight excluding hydrogens is 268 g/mol. The molecule has 0 aliphatic heterocycles. The number of thiophene rings is 1. The Morgan fingerprint density at radius 2 is 2.31 bits per heavy atom. The van der Waals surface area contributed by atoms with Crippen molar-refractivity contribution in [1.82, 2.24) is 0 Å². The molecule has 1 N–H and O–H groups in total. The Hall–Kier alpha value is -0.0300. The predicted molar refractivity (Wildman–Crippen MR) is 62.7 cm³/mol. The molecule has 1 heterocycles. The topological polar surface area (TPSA) is 20.2 Å². The van der Waals surface area contributed by atoms with Gasteiger partial charge >= 0.3 is 0 Å². The molecular formula is C9H7BrOS2. The van der Waals surface area contributed by atoms with Gasteiger partial charge in [0.15, 0.2) is 0 Å². The second kappa shape index (κ2) is 3.61. The van der Waals surface area contributed by atoms with E-state index in [1.807, 2.05) is 17.5 Å². The van der Waals surface area contributed by atoms with E-state index in [9.17, 15) is 0 Å². The summed E-state index contributed by atoms with van der Waals surface area (Å²) in [5, 5.41) is 12.2. The van der Waals surface area contributed by atoms with Crippen molar-refractivity contribution in [2.75, 3.05) is 0 Å². The van der Waals surface area contributed by atoms with Crippen LogP contribution in [0.1, 0.15) is 5.56 Å². The molecule has 0 atom stereocenters. The molecule has 2 rings (SSSR count). The number of hydrogen-bond acceptors (Lipinski definition) is 3. The Balaban J connectivity index is 2.87. The maximum atomic E-state index is 9.12. The minimum absolute atomic E-state index is 0.0636. The highest BCUT2D eigenvalue weighted by Crippen LogP contribution is 2.36. The number of halogens is 1. The van der Waals surface area contributed by atoms with Crippen molar-refractivity contribution in [2.24, 2.45) is 0 Å². The van der Waals surface area contributed by atoms with Crippen LogP contribution in [0.5, 0.6) is 0 Å². The highest BCUT2D eigenvalue weighted by Gasteiger charge is 2.08. The number of aliphatic hydroxyl groups is 1. The van der Waals surface area contributed by atoms with Crippen LogP contribution in [0.15, 0.2) is 26.9 Å². The fraction of sp³-hybridized carbons (Fsp3) is 0.111. The molecule has 1 aromatic heterocycles. The average molecular weight is 275 g/mol. The summed E-state index contributed by atoms with van der Waals surface area (Å²) < 4.78 is 2.16. The molecule has 2 aromatic rings. The fourth-order valence-corrected chi connectivity index (χ4v) is 3.12. The van der Waals surface area contributed by atoms with E-state index >= 15 is 0 Å². The maximum absolute atomic E-state index is 9.12. The quantitative estimate of drug-likeness (QED) is 0.764. The summed E-state index contributed by atoms with van der Waals surface area (Å²) >= 11 is 9.45. The van der Waals surface area contributed by atoms with Gasteiger partial charge in [0, 0.05) is 14.1 Å². The molecule has 0 unspecified atom stereocenters. The molecule has 13 heavy (non-hydrogen) atoms. The molecule has 0 radical (unpaired) electrons. The van der Waals surface area contributed by atoms with E-state index in [-0.39, 0.29) is 6.61 Å². The van der Waals surface area contributed by atoms with E-state index in [0.717, 1.165) is 25.0 Å². The van der Waals surface area contributed by atoms with Crippen LogP contribution in [-0.2, 0) is 6.61 Å². The summed E-state index contributed by atoms with van der Waals surface area (Å²) in [6, 6.07) is 3.91. The van der Waals surface area contributed by atoms with Gasteiger partial charge < -0.3 is 5.11 Å². The van der Waals surface area contributed by atoms with E-state index in [4.69, 9.17) is 5.11 Å². The van der Waals surface area contributed by atoms with Gasteiger partial charge in [-0.05, 0) is 44.4 Å². The van der Waals surface area contributed by atoms with Crippen molar-refractivity contribution in [3.8, 4) is 0 Å². The smallest absolute Gasteiger partial charge is 0.0688 e. The van der Waals surface area contributed by atoms with Crippen LogP contribution >= 0.6 is 39.9 Å². The Bertz CT molecular complexity index is 450. The lowest BCUT2D eigenvalue weighted by Gasteiger charge is -2.03. The van der Waals surface area contributed by atoms with Crippen LogP contribution in [0.4, 0.5) is 0 Å². The zero-order valence-corrected chi connectivity index (χ0v) is 9.92. The van der Waals surface area contributed by atoms with Gasteiger partial charge in [0.1, 0.15) is 0 Å². The largest absolute Gasteiger partial charge is 0.392 e. The Morgan fingerprint density at radius 3 is 3.00 bits per heavy atom. The Morgan fingerprint density at radius 1 is 1.54 bits per heavy atom. The summed E-state index contributed by atoms with van der Waals surface area (Å²) in [4.78, 5) is 0.874. The van der Waals surface area contributed by atoms with Gasteiger partial charge in [-0.1, -0.05) is 0 Å². The number of aliphatic hydroxyl groups excluding tert-OH is 1. The summed E-state index contributed by atoms with van der Waals surface area (Å²) in [7, 11) is 0. The third kappa shape index (κ3) is 1.52. The van der Waals surface area contributed by atoms with Crippen molar-refractivity contribution >= 4 is 50.0 Å². The van der Waals surface area contributed by atoms with E-state index in [1.165, 1.54) is 0 Å². The van der Waals surface area contributed by atoms with Gasteiger partial charge in [-0.25, -0.2) is 0 Å². The third-order valence-corrected chi connectivity index (χ3v) is 4.59. The third-order valence-electron chi connectivity index (χ3n) is 1.92. The average Bonchev–Trinajstić information content (AvgIpc) is 2.60. The molecule has 0 saturated carbocycles. The summed E-state index contributed by atoms with van der Waals surface area (Å²) in [5.41, 5.74) is 0.935. The molecule has 0 fully saturated rings. The van der Waals surface area contributed by atoms with E-state index in [2.05, 4.69) is 28.6 Å². The standard InChI is InChI=1S/C9H7BrOS2/c10-8-7(12)3-5(4-11)6-1-2-13-9(6)8/h1-3,11-12H,4H2. The molecule has 0 bridgehead atoms. The molecule has 0 saturated heterocycles. The van der Waals surface area contributed by atoms with Crippen LogP contribution in [0, 0.1) is 0 Å². The monoisotopic (exact) mass is 274 g/mol. The van der Waals surface area contributed by atoms with E-state index in [0.29, 0.717) is 0 Å². The summed E-state index contributed by atoms with van der Waals surface area (Å²) in [6.45, 7) is 0.0636. The van der Waals surface area contributed by atoms with Crippen molar-refractivity contribution in [3.63, 3.8) is 0 Å². The number of rotatable bonds is 1. The molecule has 0 aliphatic rings. The molecule has 0 spiro atoms. The van der Waals surface area contributed by atoms with Crippen LogP contribution in [-0.4, -0.2) is 5.11 Å². The first kappa shape index (κ1) is 9.52. The van der Waals surface area contributed by atoms with Gasteiger partial charge in [-0.15, -0.1) is 24.0 Å². The SMILES string of the molecule is OCc1cc(S)c(Br)c2sccc12. The van der Waals surface area contributed by atoms with Gasteiger partial charge in [0.25, 0.3) is 0 Å². The summed E-state index contributed by atoms with van der Waals surface area (Å²) in [5.74, 6) is 0. The molecule has 0 aliphatic carbocycles. The fourth-order valence-electron chi connectivity index (χ4n) is 1.29. The van der Waals surface area contributed by atoms with E-state index in [1.54, 1.807) is 11.3 Å². The highest BCUT2D eigenvalue weighted by atomic mass is 79.9. The number of fused-ring (bicyclic) bond motifs is 1. The Labute approximate surface area is 93.9 Å².